The normalized spacial score (nSPS) is 15.0. The van der Waals surface area contributed by atoms with E-state index in [-0.39, 0.29) is 5.54 Å². The van der Waals surface area contributed by atoms with Crippen LogP contribution in [0.15, 0.2) is 12.1 Å². The van der Waals surface area contributed by atoms with Gasteiger partial charge in [0.05, 0.1) is 4.34 Å². The largest absolute Gasteiger partial charge is 0.329 e. The first kappa shape index (κ1) is 16.0. The third-order valence-electron chi connectivity index (χ3n) is 3.87. The minimum Gasteiger partial charge on any atom is -0.329 e. The molecule has 0 aliphatic carbocycles. The smallest absolute Gasteiger partial charge is 0.0931 e. The number of thiophene rings is 1. The first-order valence-electron chi connectivity index (χ1n) is 6.73. The number of nitrogens with two attached hydrogens (primary N) is 1. The maximum Gasteiger partial charge on any atom is 0.0931 e. The van der Waals surface area contributed by atoms with E-state index in [1.54, 1.807) is 11.3 Å². The van der Waals surface area contributed by atoms with E-state index in [1.807, 2.05) is 6.07 Å². The molecule has 0 amide bonds. The van der Waals surface area contributed by atoms with Gasteiger partial charge < -0.3 is 5.73 Å². The topological polar surface area (TPSA) is 29.3 Å². The maximum atomic E-state index is 6.05. The van der Waals surface area contributed by atoms with Gasteiger partial charge in [0.1, 0.15) is 0 Å². The summed E-state index contributed by atoms with van der Waals surface area (Å²) in [6.07, 6.45) is 4.73. The van der Waals surface area contributed by atoms with E-state index in [4.69, 9.17) is 17.3 Å². The Labute approximate surface area is 120 Å². The molecule has 0 fully saturated rings. The summed E-state index contributed by atoms with van der Waals surface area (Å²) in [5.41, 5.74) is 6.19. The van der Waals surface area contributed by atoms with Crippen LogP contribution < -0.4 is 5.73 Å². The minimum atomic E-state index is 0.131. The molecule has 2 nitrogen and oxygen atoms in total. The van der Waals surface area contributed by atoms with Crippen molar-refractivity contribution in [1.82, 2.24) is 4.90 Å². The Morgan fingerprint density at radius 2 is 2.11 bits per heavy atom. The average molecular weight is 289 g/mol. The molecule has 0 saturated heterocycles. The lowest BCUT2D eigenvalue weighted by molar-refractivity contribution is 0.101. The van der Waals surface area contributed by atoms with Gasteiger partial charge in [0.25, 0.3) is 0 Å². The van der Waals surface area contributed by atoms with Gasteiger partial charge in [0, 0.05) is 23.5 Å². The molecule has 18 heavy (non-hydrogen) atoms. The van der Waals surface area contributed by atoms with Gasteiger partial charge in [-0.2, -0.15) is 0 Å². The van der Waals surface area contributed by atoms with Gasteiger partial charge in [-0.05, 0) is 32.0 Å². The number of likely N-dealkylation sites (N-methyl/N-ethyl adjacent to an activating group) is 1. The maximum absolute atomic E-state index is 6.05. The summed E-state index contributed by atoms with van der Waals surface area (Å²) in [5.74, 6) is 0. The van der Waals surface area contributed by atoms with Crippen LogP contribution in [0.2, 0.25) is 4.34 Å². The highest BCUT2D eigenvalue weighted by molar-refractivity contribution is 7.16. The molecule has 0 aliphatic rings. The fraction of sp³-hybridized carbons (Fsp3) is 0.714. The lowest BCUT2D eigenvalue weighted by Crippen LogP contribution is -2.51. The highest BCUT2D eigenvalue weighted by Crippen LogP contribution is 2.29. The first-order chi connectivity index (χ1) is 8.57. The molecular formula is C14H25ClN2S. The summed E-state index contributed by atoms with van der Waals surface area (Å²) in [4.78, 5) is 3.72. The highest BCUT2D eigenvalue weighted by Gasteiger charge is 2.30. The number of hydrogen-bond donors (Lipinski definition) is 1. The molecule has 0 aliphatic heterocycles. The zero-order chi connectivity index (χ0) is 13.6. The second-order valence-corrected chi connectivity index (χ2v) is 6.75. The molecule has 0 saturated carbocycles. The molecule has 2 N–H and O–H groups in total. The van der Waals surface area contributed by atoms with Crippen molar-refractivity contribution in [3.8, 4) is 0 Å². The number of hydrogen-bond acceptors (Lipinski definition) is 3. The standard InChI is InChI=1S/C14H25ClN2S/c1-4-6-9-14(5-2,11-16)17(3)10-12-7-8-13(15)18-12/h7-8H,4-6,9-11,16H2,1-3H3. The van der Waals surface area contributed by atoms with E-state index in [2.05, 4.69) is 31.9 Å². The highest BCUT2D eigenvalue weighted by atomic mass is 35.5. The fourth-order valence-corrected chi connectivity index (χ4v) is 3.52. The van der Waals surface area contributed by atoms with E-state index in [1.165, 1.54) is 24.1 Å². The van der Waals surface area contributed by atoms with E-state index in [0.717, 1.165) is 23.8 Å². The molecule has 4 heteroatoms. The van der Waals surface area contributed by atoms with Gasteiger partial charge >= 0.3 is 0 Å². The molecular weight excluding hydrogens is 264 g/mol. The molecule has 104 valence electrons. The summed E-state index contributed by atoms with van der Waals surface area (Å²) in [6.45, 7) is 6.13. The van der Waals surface area contributed by atoms with Crippen LogP contribution in [-0.4, -0.2) is 24.0 Å². The monoisotopic (exact) mass is 288 g/mol. The van der Waals surface area contributed by atoms with Crippen molar-refractivity contribution in [1.29, 1.82) is 0 Å². The Morgan fingerprint density at radius 3 is 2.56 bits per heavy atom. The quantitative estimate of drug-likeness (QED) is 0.779. The Bertz CT molecular complexity index is 347. The van der Waals surface area contributed by atoms with Crippen molar-refractivity contribution in [3.05, 3.63) is 21.3 Å². The van der Waals surface area contributed by atoms with Crippen LogP contribution in [-0.2, 0) is 6.54 Å². The molecule has 1 aromatic heterocycles. The predicted molar refractivity (Wildman–Crippen MR) is 82.4 cm³/mol. The SMILES string of the molecule is CCCCC(CC)(CN)N(C)Cc1ccc(Cl)s1. The van der Waals surface area contributed by atoms with Crippen molar-refractivity contribution in [2.45, 2.75) is 51.6 Å². The Kier molecular flexibility index (Phi) is 6.64. The molecule has 1 aromatic rings. The second kappa shape index (κ2) is 7.49. The lowest BCUT2D eigenvalue weighted by Gasteiger charge is -2.40. The second-order valence-electron chi connectivity index (χ2n) is 4.95. The molecule has 0 aromatic carbocycles. The number of halogens is 1. The third-order valence-corrected chi connectivity index (χ3v) is 5.08. The Balaban J connectivity index is 2.72. The molecule has 0 radical (unpaired) electrons. The zero-order valence-corrected chi connectivity index (χ0v) is 13.3. The molecule has 1 rings (SSSR count). The van der Waals surface area contributed by atoms with Gasteiger partial charge in [-0.15, -0.1) is 11.3 Å². The van der Waals surface area contributed by atoms with E-state index in [0.29, 0.717) is 0 Å². The molecule has 0 bridgehead atoms. The Morgan fingerprint density at radius 1 is 1.39 bits per heavy atom. The van der Waals surface area contributed by atoms with Gasteiger partial charge in [-0.3, -0.25) is 4.90 Å². The van der Waals surface area contributed by atoms with Gasteiger partial charge in [-0.1, -0.05) is 38.3 Å². The van der Waals surface area contributed by atoms with Crippen molar-refractivity contribution in [2.24, 2.45) is 5.73 Å². The predicted octanol–water partition coefficient (Wildman–Crippen LogP) is 4.13. The molecule has 0 spiro atoms. The van der Waals surface area contributed by atoms with Gasteiger partial charge in [0.2, 0.25) is 0 Å². The van der Waals surface area contributed by atoms with E-state index < -0.39 is 0 Å². The summed E-state index contributed by atoms with van der Waals surface area (Å²) in [6, 6.07) is 4.08. The van der Waals surface area contributed by atoms with Crippen molar-refractivity contribution in [2.75, 3.05) is 13.6 Å². The van der Waals surface area contributed by atoms with Crippen LogP contribution in [0.25, 0.3) is 0 Å². The zero-order valence-electron chi connectivity index (χ0n) is 11.7. The number of nitrogens with zero attached hydrogens (tertiary/aromatic N) is 1. The van der Waals surface area contributed by atoms with Crippen molar-refractivity contribution < 1.29 is 0 Å². The minimum absolute atomic E-state index is 0.131. The van der Waals surface area contributed by atoms with E-state index >= 15 is 0 Å². The van der Waals surface area contributed by atoms with Crippen LogP contribution in [0.5, 0.6) is 0 Å². The van der Waals surface area contributed by atoms with Gasteiger partial charge in [-0.25, -0.2) is 0 Å². The van der Waals surface area contributed by atoms with Crippen molar-refractivity contribution in [3.63, 3.8) is 0 Å². The van der Waals surface area contributed by atoms with Gasteiger partial charge in [0.15, 0.2) is 0 Å². The first-order valence-corrected chi connectivity index (χ1v) is 7.93. The molecule has 1 atom stereocenters. The lowest BCUT2D eigenvalue weighted by atomic mass is 9.88. The summed E-state index contributed by atoms with van der Waals surface area (Å²) < 4.78 is 0.863. The van der Waals surface area contributed by atoms with Crippen LogP contribution in [0.4, 0.5) is 0 Å². The van der Waals surface area contributed by atoms with Crippen LogP contribution in [0, 0.1) is 0 Å². The van der Waals surface area contributed by atoms with Crippen molar-refractivity contribution >= 4 is 22.9 Å². The summed E-state index contributed by atoms with van der Waals surface area (Å²) >= 11 is 7.64. The van der Waals surface area contributed by atoms with Crippen LogP contribution in [0.1, 0.15) is 44.4 Å². The average Bonchev–Trinajstić information content (AvgIpc) is 2.77. The summed E-state index contributed by atoms with van der Waals surface area (Å²) in [7, 11) is 2.18. The van der Waals surface area contributed by atoms with Crippen LogP contribution >= 0.6 is 22.9 Å². The third kappa shape index (κ3) is 3.95. The number of unbranched alkanes of at least 4 members (excludes halogenated alkanes) is 1. The molecule has 1 unspecified atom stereocenters. The van der Waals surface area contributed by atoms with Crippen LogP contribution in [0.3, 0.4) is 0 Å². The molecule has 1 heterocycles. The summed E-state index contributed by atoms with van der Waals surface area (Å²) in [5, 5.41) is 0. The van der Waals surface area contributed by atoms with E-state index in [9.17, 15) is 0 Å². The Hall–Kier alpha value is -0.0900. The number of rotatable bonds is 8. The fourth-order valence-electron chi connectivity index (χ4n) is 2.38.